The Kier molecular flexibility index (Phi) is 5.26. The summed E-state index contributed by atoms with van der Waals surface area (Å²) in [7, 11) is 0. The first-order valence-electron chi connectivity index (χ1n) is 9.87. The predicted molar refractivity (Wildman–Crippen MR) is 103 cm³/mol. The quantitative estimate of drug-likeness (QED) is 0.648. The molecule has 4 rings (SSSR count). The highest BCUT2D eigenvalue weighted by Gasteiger charge is 2.37. The van der Waals surface area contributed by atoms with Crippen LogP contribution in [-0.2, 0) is 6.18 Å². The van der Waals surface area contributed by atoms with Gasteiger partial charge in [-0.2, -0.15) is 13.2 Å². The Morgan fingerprint density at radius 3 is 2.50 bits per heavy atom. The number of carbonyl (C=O) groups excluding carboxylic acids is 2. The van der Waals surface area contributed by atoms with E-state index < -0.39 is 29.0 Å². The minimum atomic E-state index is -4.77. The van der Waals surface area contributed by atoms with Gasteiger partial charge < -0.3 is 10.6 Å². The maximum Gasteiger partial charge on any atom is 0.416 e. The fourth-order valence-electron chi connectivity index (χ4n) is 4.40. The second kappa shape index (κ2) is 7.74. The number of fused-ring (bicyclic) bond motifs is 1. The van der Waals surface area contributed by atoms with Crippen LogP contribution in [0.25, 0.3) is 0 Å². The first kappa shape index (κ1) is 20.4. The zero-order chi connectivity index (χ0) is 21.5. The molecule has 1 aliphatic carbocycles. The maximum absolute atomic E-state index is 13.7. The van der Waals surface area contributed by atoms with Gasteiger partial charge in [-0.05, 0) is 49.1 Å². The number of rotatable bonds is 3. The molecule has 2 aromatic carbocycles. The minimum Gasteiger partial charge on any atom is -0.345 e. The first-order chi connectivity index (χ1) is 14.2. The molecule has 1 heterocycles. The summed E-state index contributed by atoms with van der Waals surface area (Å²) >= 11 is 0. The van der Waals surface area contributed by atoms with Crippen molar-refractivity contribution < 1.29 is 27.2 Å². The third-order valence-corrected chi connectivity index (χ3v) is 5.81. The molecule has 2 amide bonds. The Bertz CT molecular complexity index is 997. The Morgan fingerprint density at radius 2 is 1.80 bits per heavy atom. The molecule has 0 spiro atoms. The van der Waals surface area contributed by atoms with Crippen molar-refractivity contribution in [3.63, 3.8) is 0 Å². The number of amides is 2. The highest BCUT2D eigenvalue weighted by Crippen LogP contribution is 2.42. The van der Waals surface area contributed by atoms with E-state index in [-0.39, 0.29) is 17.9 Å². The molecule has 2 N–H and O–H groups in total. The van der Waals surface area contributed by atoms with Crippen LogP contribution in [0.2, 0.25) is 0 Å². The van der Waals surface area contributed by atoms with E-state index in [0.717, 1.165) is 38.2 Å². The standard InChI is InChI=1S/C22H20F4N2O2/c23-15-10-13(9-14(11-15)22(24,25)26)20(29)27-17-8-4-7-16-18(17)19(28-21(16)30)12-5-2-1-3-6-12/h4,7-12,19H,1-3,5-6H2,(H,27,29)(H,28,30)/t19-/m1/s1. The number of alkyl halides is 3. The fraction of sp³-hybridized carbons (Fsp3) is 0.364. The monoisotopic (exact) mass is 420 g/mol. The van der Waals surface area contributed by atoms with Gasteiger partial charge in [0.1, 0.15) is 5.82 Å². The molecule has 4 nitrogen and oxygen atoms in total. The highest BCUT2D eigenvalue weighted by atomic mass is 19.4. The van der Waals surface area contributed by atoms with Gasteiger partial charge >= 0.3 is 6.18 Å². The summed E-state index contributed by atoms with van der Waals surface area (Å²) in [6, 6.07) is 6.33. The summed E-state index contributed by atoms with van der Waals surface area (Å²) in [6.07, 6.45) is 0.392. The van der Waals surface area contributed by atoms with Gasteiger partial charge in [-0.3, -0.25) is 9.59 Å². The molecule has 0 unspecified atom stereocenters. The number of hydrogen-bond donors (Lipinski definition) is 2. The van der Waals surface area contributed by atoms with E-state index in [1.54, 1.807) is 18.2 Å². The van der Waals surface area contributed by atoms with E-state index in [1.165, 1.54) is 0 Å². The van der Waals surface area contributed by atoms with Crippen molar-refractivity contribution in [3.05, 3.63) is 64.5 Å². The number of carbonyl (C=O) groups is 2. The number of benzene rings is 2. The van der Waals surface area contributed by atoms with E-state index >= 15 is 0 Å². The molecular weight excluding hydrogens is 400 g/mol. The summed E-state index contributed by atoms with van der Waals surface area (Å²) < 4.78 is 52.6. The minimum absolute atomic E-state index is 0.230. The molecule has 1 aliphatic heterocycles. The molecule has 2 aromatic rings. The molecule has 30 heavy (non-hydrogen) atoms. The summed E-state index contributed by atoms with van der Waals surface area (Å²) in [6.45, 7) is 0. The molecule has 1 atom stereocenters. The summed E-state index contributed by atoms with van der Waals surface area (Å²) in [5.41, 5.74) is -0.229. The molecule has 1 fully saturated rings. The van der Waals surface area contributed by atoms with Gasteiger partial charge in [0.25, 0.3) is 11.8 Å². The van der Waals surface area contributed by atoms with Gasteiger partial charge in [0.15, 0.2) is 0 Å². The van der Waals surface area contributed by atoms with Crippen molar-refractivity contribution >= 4 is 17.5 Å². The normalized spacial score (nSPS) is 19.3. The Hall–Kier alpha value is -2.90. The van der Waals surface area contributed by atoms with Crippen LogP contribution in [0.15, 0.2) is 36.4 Å². The van der Waals surface area contributed by atoms with Crippen LogP contribution in [0.1, 0.15) is 70.0 Å². The zero-order valence-electron chi connectivity index (χ0n) is 16.0. The smallest absolute Gasteiger partial charge is 0.345 e. The second-order valence-electron chi connectivity index (χ2n) is 7.80. The van der Waals surface area contributed by atoms with E-state index in [9.17, 15) is 27.2 Å². The highest BCUT2D eigenvalue weighted by molar-refractivity contribution is 6.07. The van der Waals surface area contributed by atoms with Crippen molar-refractivity contribution in [2.24, 2.45) is 5.92 Å². The topological polar surface area (TPSA) is 58.2 Å². The van der Waals surface area contributed by atoms with Crippen molar-refractivity contribution in [2.45, 2.75) is 44.3 Å². The van der Waals surface area contributed by atoms with E-state index in [4.69, 9.17) is 0 Å². The maximum atomic E-state index is 13.7. The average Bonchev–Trinajstić information content (AvgIpc) is 3.05. The van der Waals surface area contributed by atoms with Crippen LogP contribution in [0.3, 0.4) is 0 Å². The number of nitrogens with one attached hydrogen (secondary N) is 2. The van der Waals surface area contributed by atoms with Gasteiger partial charge in [-0.15, -0.1) is 0 Å². The molecule has 0 radical (unpaired) electrons. The van der Waals surface area contributed by atoms with Gasteiger partial charge in [-0.25, -0.2) is 4.39 Å². The Morgan fingerprint density at radius 1 is 1.07 bits per heavy atom. The SMILES string of the molecule is O=C(Nc1cccc2c1[C@@H](C1CCCCC1)NC2=O)c1cc(F)cc(C(F)(F)F)c1. The number of halogens is 4. The van der Waals surface area contributed by atoms with Crippen molar-refractivity contribution in [2.75, 3.05) is 5.32 Å². The molecule has 8 heteroatoms. The first-order valence-corrected chi connectivity index (χ1v) is 9.87. The summed E-state index contributed by atoms with van der Waals surface area (Å²) in [4.78, 5) is 25.1. The van der Waals surface area contributed by atoms with Crippen LogP contribution in [0.4, 0.5) is 23.2 Å². The van der Waals surface area contributed by atoms with Crippen molar-refractivity contribution in [3.8, 4) is 0 Å². The van der Waals surface area contributed by atoms with Crippen LogP contribution in [-0.4, -0.2) is 11.8 Å². The largest absolute Gasteiger partial charge is 0.416 e. The van der Waals surface area contributed by atoms with Crippen LogP contribution in [0, 0.1) is 11.7 Å². The number of hydrogen-bond acceptors (Lipinski definition) is 2. The van der Waals surface area contributed by atoms with E-state index in [1.807, 2.05) is 0 Å². The Balaban J connectivity index is 1.66. The second-order valence-corrected chi connectivity index (χ2v) is 7.80. The van der Waals surface area contributed by atoms with E-state index in [2.05, 4.69) is 10.6 Å². The lowest BCUT2D eigenvalue weighted by Gasteiger charge is -2.29. The molecule has 0 saturated heterocycles. The van der Waals surface area contributed by atoms with Crippen LogP contribution >= 0.6 is 0 Å². The molecular formula is C22H20F4N2O2. The average molecular weight is 420 g/mol. The summed E-state index contributed by atoms with van der Waals surface area (Å²) in [5.74, 6) is -2.02. The summed E-state index contributed by atoms with van der Waals surface area (Å²) in [5, 5.41) is 5.57. The molecule has 0 aromatic heterocycles. The van der Waals surface area contributed by atoms with Gasteiger partial charge in [0.05, 0.1) is 11.6 Å². The lowest BCUT2D eigenvalue weighted by molar-refractivity contribution is -0.137. The Labute approximate surface area is 170 Å². The van der Waals surface area contributed by atoms with Crippen molar-refractivity contribution in [1.29, 1.82) is 0 Å². The zero-order valence-corrected chi connectivity index (χ0v) is 16.0. The third kappa shape index (κ3) is 3.91. The van der Waals surface area contributed by atoms with Gasteiger partial charge in [0, 0.05) is 22.4 Å². The molecule has 1 saturated carbocycles. The molecule has 0 bridgehead atoms. The molecule has 158 valence electrons. The van der Waals surface area contributed by atoms with Crippen LogP contribution in [0.5, 0.6) is 0 Å². The third-order valence-electron chi connectivity index (χ3n) is 5.81. The van der Waals surface area contributed by atoms with Gasteiger partial charge in [-0.1, -0.05) is 25.3 Å². The molecule has 2 aliphatic rings. The lowest BCUT2D eigenvalue weighted by Crippen LogP contribution is -2.27. The predicted octanol–water partition coefficient (Wildman–Crippen LogP) is 5.46. The number of anilines is 1. The van der Waals surface area contributed by atoms with Crippen molar-refractivity contribution in [1.82, 2.24) is 5.32 Å². The van der Waals surface area contributed by atoms with Crippen LogP contribution < -0.4 is 10.6 Å². The fourth-order valence-corrected chi connectivity index (χ4v) is 4.40. The van der Waals surface area contributed by atoms with E-state index in [0.29, 0.717) is 28.9 Å². The lowest BCUT2D eigenvalue weighted by atomic mass is 9.81. The van der Waals surface area contributed by atoms with Gasteiger partial charge in [0.2, 0.25) is 0 Å².